The van der Waals surface area contributed by atoms with Crippen molar-refractivity contribution < 1.29 is 17.6 Å². The Kier molecular flexibility index (Phi) is 4.64. The molecule has 1 N–H and O–H groups in total. The third-order valence-electron chi connectivity index (χ3n) is 2.99. The van der Waals surface area contributed by atoms with E-state index in [9.17, 15) is 8.42 Å². The lowest BCUT2D eigenvalue weighted by molar-refractivity contribution is 0.337. The van der Waals surface area contributed by atoms with Crippen molar-refractivity contribution in [3.05, 3.63) is 41.6 Å². The highest BCUT2D eigenvalue weighted by atomic mass is 32.2. The van der Waals surface area contributed by atoms with Crippen LogP contribution in [0.25, 0.3) is 0 Å². The number of nitrogens with zero attached hydrogens (tertiary/aromatic N) is 1. The second-order valence-electron chi connectivity index (χ2n) is 4.62. The smallest absolute Gasteiger partial charge is 0.241 e. The number of rotatable bonds is 6. The highest BCUT2D eigenvalue weighted by Crippen LogP contribution is 2.25. The number of benzene rings is 1. The van der Waals surface area contributed by atoms with Gasteiger partial charge in [0.1, 0.15) is 12.0 Å². The normalized spacial score (nSPS) is 11.6. The van der Waals surface area contributed by atoms with Gasteiger partial charge in [-0.25, -0.2) is 18.1 Å². The van der Waals surface area contributed by atoms with E-state index in [0.717, 1.165) is 5.56 Å². The quantitative estimate of drug-likeness (QED) is 0.884. The summed E-state index contributed by atoms with van der Waals surface area (Å²) in [6.45, 7) is 6.08. The summed E-state index contributed by atoms with van der Waals surface area (Å²) >= 11 is 0. The molecule has 1 aromatic carbocycles. The molecule has 2 aromatic rings. The van der Waals surface area contributed by atoms with E-state index in [1.807, 2.05) is 13.8 Å². The summed E-state index contributed by atoms with van der Waals surface area (Å²) in [7, 11) is -3.61. The Morgan fingerprint density at radius 2 is 2.05 bits per heavy atom. The number of aryl methyl sites for hydroxylation is 2. The Morgan fingerprint density at radius 3 is 2.67 bits per heavy atom. The fraction of sp³-hybridized carbons (Fsp3) is 0.357. The molecule has 0 atom stereocenters. The summed E-state index contributed by atoms with van der Waals surface area (Å²) < 4.78 is 37.5. The Bertz CT molecular complexity index is 709. The maximum Gasteiger partial charge on any atom is 0.241 e. The number of aromatic nitrogens is 1. The van der Waals surface area contributed by atoms with Crippen molar-refractivity contribution in [1.82, 2.24) is 9.71 Å². The molecule has 114 valence electrons. The van der Waals surface area contributed by atoms with Gasteiger partial charge in [0.25, 0.3) is 0 Å². The number of sulfonamides is 1. The number of oxazole rings is 1. The summed E-state index contributed by atoms with van der Waals surface area (Å²) in [5, 5.41) is 0. The third-order valence-corrected chi connectivity index (χ3v) is 4.53. The molecule has 1 heterocycles. The number of ether oxygens (including phenoxy) is 1. The zero-order valence-corrected chi connectivity index (χ0v) is 13.0. The predicted molar refractivity (Wildman–Crippen MR) is 77.6 cm³/mol. The Morgan fingerprint density at radius 1 is 1.29 bits per heavy atom. The van der Waals surface area contributed by atoms with Crippen molar-refractivity contribution in [3.63, 3.8) is 0 Å². The second kappa shape index (κ2) is 6.28. The number of hydrogen-bond donors (Lipinski definition) is 1. The van der Waals surface area contributed by atoms with Crippen LogP contribution >= 0.6 is 0 Å². The van der Waals surface area contributed by atoms with Crippen LogP contribution in [0.1, 0.15) is 23.7 Å². The zero-order chi connectivity index (χ0) is 15.5. The molecule has 0 amide bonds. The van der Waals surface area contributed by atoms with Gasteiger partial charge in [0, 0.05) is 0 Å². The van der Waals surface area contributed by atoms with Crippen molar-refractivity contribution in [2.24, 2.45) is 0 Å². The molecule has 6 nitrogen and oxygen atoms in total. The molecule has 0 radical (unpaired) electrons. The van der Waals surface area contributed by atoms with E-state index >= 15 is 0 Å². The van der Waals surface area contributed by atoms with Crippen LogP contribution in [0.3, 0.4) is 0 Å². The molecule has 0 aliphatic heterocycles. The minimum atomic E-state index is -3.61. The maximum absolute atomic E-state index is 12.4. The number of hydrogen-bond acceptors (Lipinski definition) is 5. The first-order valence-corrected chi connectivity index (χ1v) is 8.03. The van der Waals surface area contributed by atoms with Crippen LogP contribution < -0.4 is 9.46 Å². The molecule has 0 saturated carbocycles. The molecule has 21 heavy (non-hydrogen) atoms. The summed E-state index contributed by atoms with van der Waals surface area (Å²) in [5.74, 6) is 0.699. The molecule has 0 spiro atoms. The van der Waals surface area contributed by atoms with Crippen LogP contribution in [-0.2, 0) is 16.6 Å². The highest BCUT2D eigenvalue weighted by Gasteiger charge is 2.19. The molecule has 1 aromatic heterocycles. The predicted octanol–water partition coefficient (Wildman–Crippen LogP) is 2.17. The maximum atomic E-state index is 12.4. The van der Waals surface area contributed by atoms with Gasteiger partial charge in [-0.05, 0) is 44.0 Å². The van der Waals surface area contributed by atoms with Gasteiger partial charge < -0.3 is 9.15 Å². The highest BCUT2D eigenvalue weighted by molar-refractivity contribution is 7.89. The first-order valence-electron chi connectivity index (χ1n) is 6.55. The zero-order valence-electron chi connectivity index (χ0n) is 12.2. The van der Waals surface area contributed by atoms with E-state index in [0.29, 0.717) is 23.6 Å². The van der Waals surface area contributed by atoms with Gasteiger partial charge in [0.15, 0.2) is 6.39 Å². The topological polar surface area (TPSA) is 81.4 Å². The van der Waals surface area contributed by atoms with E-state index in [1.165, 1.54) is 12.7 Å². The van der Waals surface area contributed by atoms with Gasteiger partial charge in [-0.15, -0.1) is 0 Å². The fourth-order valence-electron chi connectivity index (χ4n) is 1.94. The van der Waals surface area contributed by atoms with Gasteiger partial charge in [-0.1, -0.05) is 0 Å². The lowest BCUT2D eigenvalue weighted by Gasteiger charge is -2.13. The van der Waals surface area contributed by atoms with Gasteiger partial charge in [0.2, 0.25) is 10.0 Å². The largest absolute Gasteiger partial charge is 0.494 e. The van der Waals surface area contributed by atoms with Crippen molar-refractivity contribution in [3.8, 4) is 5.75 Å². The summed E-state index contributed by atoms with van der Waals surface area (Å²) in [6.07, 6.45) is 2.66. The van der Waals surface area contributed by atoms with Crippen LogP contribution in [-0.4, -0.2) is 20.0 Å². The molecule has 0 unspecified atom stereocenters. The van der Waals surface area contributed by atoms with Crippen molar-refractivity contribution >= 4 is 10.0 Å². The molecular weight excluding hydrogens is 292 g/mol. The van der Waals surface area contributed by atoms with Crippen LogP contribution in [0.2, 0.25) is 0 Å². The van der Waals surface area contributed by atoms with E-state index in [1.54, 1.807) is 19.1 Å². The third kappa shape index (κ3) is 3.62. The summed E-state index contributed by atoms with van der Waals surface area (Å²) in [4.78, 5) is 4.12. The SMILES string of the molecule is CCOc1cc(C)c(S(=O)(=O)NCc2cocn2)cc1C. The van der Waals surface area contributed by atoms with Crippen molar-refractivity contribution in [2.75, 3.05) is 6.61 Å². The molecule has 0 bridgehead atoms. The molecule has 2 rings (SSSR count). The van der Waals surface area contributed by atoms with Crippen LogP contribution in [0.15, 0.2) is 34.1 Å². The standard InChI is InChI=1S/C14H18N2O4S/c1-4-20-13-5-11(3)14(6-10(13)2)21(17,18)16-7-12-8-19-9-15-12/h5-6,8-9,16H,4,7H2,1-3H3. The van der Waals surface area contributed by atoms with Gasteiger partial charge >= 0.3 is 0 Å². The molecular formula is C14H18N2O4S. The Hall–Kier alpha value is -1.86. The average Bonchev–Trinajstić information content (AvgIpc) is 2.94. The molecule has 0 saturated heterocycles. The molecule has 7 heteroatoms. The minimum absolute atomic E-state index is 0.0878. The molecule has 0 fully saturated rings. The molecule has 0 aliphatic carbocycles. The van der Waals surface area contributed by atoms with Gasteiger partial charge in [0.05, 0.1) is 23.7 Å². The van der Waals surface area contributed by atoms with Gasteiger partial charge in [-0.3, -0.25) is 0 Å². The van der Waals surface area contributed by atoms with Crippen LogP contribution in [0.4, 0.5) is 0 Å². The monoisotopic (exact) mass is 310 g/mol. The lowest BCUT2D eigenvalue weighted by Crippen LogP contribution is -2.24. The van der Waals surface area contributed by atoms with Crippen LogP contribution in [0, 0.1) is 13.8 Å². The van der Waals surface area contributed by atoms with E-state index in [4.69, 9.17) is 9.15 Å². The molecule has 0 aliphatic rings. The first-order chi connectivity index (χ1) is 9.94. The Balaban J connectivity index is 2.25. The minimum Gasteiger partial charge on any atom is -0.494 e. The van der Waals surface area contributed by atoms with Crippen molar-refractivity contribution in [2.45, 2.75) is 32.2 Å². The van der Waals surface area contributed by atoms with E-state index in [2.05, 4.69) is 9.71 Å². The average molecular weight is 310 g/mol. The van der Waals surface area contributed by atoms with Gasteiger partial charge in [-0.2, -0.15) is 0 Å². The van der Waals surface area contributed by atoms with Crippen LogP contribution in [0.5, 0.6) is 5.75 Å². The lowest BCUT2D eigenvalue weighted by atomic mass is 10.1. The first kappa shape index (κ1) is 15.5. The van der Waals surface area contributed by atoms with E-state index < -0.39 is 10.0 Å². The second-order valence-corrected chi connectivity index (χ2v) is 6.36. The fourth-order valence-corrected chi connectivity index (χ4v) is 3.24. The number of nitrogens with one attached hydrogen (secondary N) is 1. The summed E-state index contributed by atoms with van der Waals surface area (Å²) in [6, 6.07) is 3.36. The Labute approximate surface area is 124 Å². The summed E-state index contributed by atoms with van der Waals surface area (Å²) in [5.41, 5.74) is 1.94. The van der Waals surface area contributed by atoms with E-state index in [-0.39, 0.29) is 11.4 Å². The van der Waals surface area contributed by atoms with Crippen molar-refractivity contribution in [1.29, 1.82) is 0 Å².